The van der Waals surface area contributed by atoms with Gasteiger partial charge in [-0.25, -0.2) is 0 Å². The summed E-state index contributed by atoms with van der Waals surface area (Å²) < 4.78 is 5.12. The molecule has 2 aromatic carbocycles. The van der Waals surface area contributed by atoms with E-state index in [0.29, 0.717) is 17.8 Å². The van der Waals surface area contributed by atoms with Crippen LogP contribution in [0.2, 0.25) is 0 Å². The summed E-state index contributed by atoms with van der Waals surface area (Å²) in [5.74, 6) is 0.279. The van der Waals surface area contributed by atoms with Crippen molar-refractivity contribution in [2.75, 3.05) is 12.4 Å². The SMILES string of the molecule is COc1ccc(CC(=O)Nc2ccccc2C(=O)NCc2cccnc2)cc1. The second kappa shape index (κ2) is 9.32. The van der Waals surface area contributed by atoms with Crippen molar-refractivity contribution in [3.8, 4) is 5.75 Å². The molecule has 3 rings (SSSR count). The number of methoxy groups -OCH3 is 1. The van der Waals surface area contributed by atoms with Crippen LogP contribution in [0.5, 0.6) is 5.75 Å². The molecule has 2 amide bonds. The highest BCUT2D eigenvalue weighted by atomic mass is 16.5. The van der Waals surface area contributed by atoms with Crippen LogP contribution in [-0.4, -0.2) is 23.9 Å². The fourth-order valence-corrected chi connectivity index (χ4v) is 2.69. The van der Waals surface area contributed by atoms with E-state index in [1.807, 2.05) is 36.4 Å². The molecule has 3 aromatic rings. The highest BCUT2D eigenvalue weighted by Crippen LogP contribution is 2.17. The molecule has 1 heterocycles. The van der Waals surface area contributed by atoms with Gasteiger partial charge in [-0.3, -0.25) is 14.6 Å². The lowest BCUT2D eigenvalue weighted by atomic mass is 10.1. The summed E-state index contributed by atoms with van der Waals surface area (Å²) in [6.45, 7) is 0.362. The number of anilines is 1. The normalized spacial score (nSPS) is 10.2. The minimum Gasteiger partial charge on any atom is -0.497 e. The molecule has 0 aliphatic carbocycles. The quantitative estimate of drug-likeness (QED) is 0.665. The first kappa shape index (κ1) is 19.1. The van der Waals surface area contributed by atoms with Crippen LogP contribution in [0.3, 0.4) is 0 Å². The van der Waals surface area contributed by atoms with Crippen LogP contribution in [-0.2, 0) is 17.8 Å². The van der Waals surface area contributed by atoms with Gasteiger partial charge in [0.1, 0.15) is 5.75 Å². The van der Waals surface area contributed by atoms with Gasteiger partial charge in [0.15, 0.2) is 0 Å². The van der Waals surface area contributed by atoms with Crippen molar-refractivity contribution >= 4 is 17.5 Å². The summed E-state index contributed by atoms with van der Waals surface area (Å²) in [5.41, 5.74) is 2.65. The molecule has 6 heteroatoms. The summed E-state index contributed by atoms with van der Waals surface area (Å²) >= 11 is 0. The van der Waals surface area contributed by atoms with Crippen LogP contribution in [0.1, 0.15) is 21.5 Å². The van der Waals surface area contributed by atoms with Crippen LogP contribution in [0, 0.1) is 0 Å². The number of carbonyl (C=O) groups is 2. The average Bonchev–Trinajstić information content (AvgIpc) is 2.73. The first-order valence-corrected chi connectivity index (χ1v) is 8.84. The maximum atomic E-state index is 12.6. The van der Waals surface area contributed by atoms with Gasteiger partial charge in [-0.1, -0.05) is 30.3 Å². The predicted octanol–water partition coefficient (Wildman–Crippen LogP) is 3.20. The largest absolute Gasteiger partial charge is 0.497 e. The maximum Gasteiger partial charge on any atom is 0.253 e. The summed E-state index contributed by atoms with van der Waals surface area (Å²) in [7, 11) is 1.60. The second-order valence-corrected chi connectivity index (χ2v) is 6.16. The van der Waals surface area contributed by atoms with Gasteiger partial charge in [0.05, 0.1) is 24.8 Å². The van der Waals surface area contributed by atoms with E-state index in [1.165, 1.54) is 0 Å². The number of rotatable bonds is 7. The van der Waals surface area contributed by atoms with E-state index in [4.69, 9.17) is 4.74 Å². The molecule has 0 bridgehead atoms. The number of pyridine rings is 1. The molecule has 0 fully saturated rings. The molecule has 0 spiro atoms. The molecule has 0 saturated carbocycles. The third-order valence-corrected chi connectivity index (χ3v) is 4.15. The number of para-hydroxylation sites is 1. The molecule has 0 atom stereocenters. The van der Waals surface area contributed by atoms with Crippen molar-refractivity contribution < 1.29 is 14.3 Å². The van der Waals surface area contributed by atoms with E-state index in [9.17, 15) is 9.59 Å². The van der Waals surface area contributed by atoms with Gasteiger partial charge < -0.3 is 15.4 Å². The number of carbonyl (C=O) groups excluding carboxylic acids is 2. The number of hydrogen-bond acceptors (Lipinski definition) is 4. The zero-order valence-electron chi connectivity index (χ0n) is 15.5. The Morgan fingerprint density at radius 2 is 1.75 bits per heavy atom. The lowest BCUT2D eigenvalue weighted by Crippen LogP contribution is -2.25. The first-order chi connectivity index (χ1) is 13.7. The topological polar surface area (TPSA) is 80.3 Å². The van der Waals surface area contributed by atoms with Gasteiger partial charge in [0.25, 0.3) is 5.91 Å². The zero-order valence-corrected chi connectivity index (χ0v) is 15.5. The highest BCUT2D eigenvalue weighted by Gasteiger charge is 2.13. The molecule has 2 N–H and O–H groups in total. The molecular weight excluding hydrogens is 354 g/mol. The summed E-state index contributed by atoms with van der Waals surface area (Å²) in [5, 5.41) is 5.67. The first-order valence-electron chi connectivity index (χ1n) is 8.84. The Hall–Kier alpha value is -3.67. The van der Waals surface area contributed by atoms with Crippen molar-refractivity contribution in [1.29, 1.82) is 0 Å². The lowest BCUT2D eigenvalue weighted by molar-refractivity contribution is -0.115. The van der Waals surface area contributed by atoms with Crippen molar-refractivity contribution in [2.24, 2.45) is 0 Å². The van der Waals surface area contributed by atoms with Gasteiger partial charge in [-0.05, 0) is 41.5 Å². The molecular formula is C22H21N3O3. The van der Waals surface area contributed by atoms with Crippen LogP contribution in [0.15, 0.2) is 73.1 Å². The summed E-state index contributed by atoms with van der Waals surface area (Å²) in [6, 6.07) is 17.9. The monoisotopic (exact) mass is 375 g/mol. The molecule has 0 aliphatic rings. The Labute approximate surface area is 163 Å². The standard InChI is InChI=1S/C22H21N3O3/c1-28-18-10-8-16(9-11-18)13-21(26)25-20-7-3-2-6-19(20)22(27)24-15-17-5-4-12-23-14-17/h2-12,14H,13,15H2,1H3,(H,24,27)(H,25,26). The zero-order chi connectivity index (χ0) is 19.8. The second-order valence-electron chi connectivity index (χ2n) is 6.16. The number of nitrogens with zero attached hydrogens (tertiary/aromatic N) is 1. The Balaban J connectivity index is 1.63. The number of nitrogens with one attached hydrogen (secondary N) is 2. The molecule has 0 radical (unpaired) electrons. The van der Waals surface area contributed by atoms with Crippen molar-refractivity contribution in [1.82, 2.24) is 10.3 Å². The maximum absolute atomic E-state index is 12.6. The highest BCUT2D eigenvalue weighted by molar-refractivity contribution is 6.04. The summed E-state index contributed by atoms with van der Waals surface area (Å²) in [4.78, 5) is 29.0. The molecule has 0 aliphatic heterocycles. The lowest BCUT2D eigenvalue weighted by Gasteiger charge is -2.12. The fraction of sp³-hybridized carbons (Fsp3) is 0.136. The smallest absolute Gasteiger partial charge is 0.253 e. The molecule has 28 heavy (non-hydrogen) atoms. The van der Waals surface area contributed by atoms with Crippen LogP contribution < -0.4 is 15.4 Å². The minimum absolute atomic E-state index is 0.197. The number of hydrogen-bond donors (Lipinski definition) is 2. The predicted molar refractivity (Wildman–Crippen MR) is 107 cm³/mol. The average molecular weight is 375 g/mol. The van der Waals surface area contributed by atoms with Gasteiger partial charge in [-0.15, -0.1) is 0 Å². The Morgan fingerprint density at radius 3 is 2.46 bits per heavy atom. The molecule has 0 saturated heterocycles. The van der Waals surface area contributed by atoms with Gasteiger partial charge >= 0.3 is 0 Å². The molecule has 6 nitrogen and oxygen atoms in total. The van der Waals surface area contributed by atoms with Crippen molar-refractivity contribution in [3.63, 3.8) is 0 Å². The fourth-order valence-electron chi connectivity index (χ4n) is 2.69. The van der Waals surface area contributed by atoms with E-state index in [1.54, 1.807) is 43.8 Å². The van der Waals surface area contributed by atoms with Gasteiger partial charge in [-0.2, -0.15) is 0 Å². The van der Waals surface area contributed by atoms with Crippen molar-refractivity contribution in [3.05, 3.63) is 89.7 Å². The van der Waals surface area contributed by atoms with Gasteiger partial charge in [0, 0.05) is 18.9 Å². The minimum atomic E-state index is -0.260. The Kier molecular flexibility index (Phi) is 6.36. The number of aromatic nitrogens is 1. The van der Waals surface area contributed by atoms with E-state index in [-0.39, 0.29) is 18.2 Å². The van der Waals surface area contributed by atoms with E-state index in [0.717, 1.165) is 16.9 Å². The van der Waals surface area contributed by atoms with Crippen LogP contribution in [0.25, 0.3) is 0 Å². The van der Waals surface area contributed by atoms with E-state index < -0.39 is 0 Å². The molecule has 0 unspecified atom stereocenters. The Morgan fingerprint density at radius 1 is 0.964 bits per heavy atom. The van der Waals surface area contributed by atoms with Gasteiger partial charge in [0.2, 0.25) is 5.91 Å². The number of benzene rings is 2. The van der Waals surface area contributed by atoms with Crippen LogP contribution >= 0.6 is 0 Å². The molecule has 1 aromatic heterocycles. The molecule has 142 valence electrons. The van der Waals surface area contributed by atoms with E-state index in [2.05, 4.69) is 15.6 Å². The van der Waals surface area contributed by atoms with Crippen LogP contribution in [0.4, 0.5) is 5.69 Å². The number of amides is 2. The van der Waals surface area contributed by atoms with E-state index >= 15 is 0 Å². The summed E-state index contributed by atoms with van der Waals surface area (Å²) in [6.07, 6.45) is 3.58. The third-order valence-electron chi connectivity index (χ3n) is 4.15. The third kappa shape index (κ3) is 5.17. The Bertz CT molecular complexity index is 941. The number of ether oxygens (including phenoxy) is 1. The van der Waals surface area contributed by atoms with Crippen molar-refractivity contribution in [2.45, 2.75) is 13.0 Å².